The van der Waals surface area contributed by atoms with Crippen molar-refractivity contribution >= 4 is 29.1 Å². The molecule has 1 amide bonds. The number of amides is 1. The van der Waals surface area contributed by atoms with Gasteiger partial charge in [0, 0.05) is 12.8 Å². The number of likely N-dealkylation sites (tertiary alicyclic amines) is 1. The Morgan fingerprint density at radius 2 is 2.05 bits per heavy atom. The Morgan fingerprint density at radius 1 is 1.38 bits per heavy atom. The lowest BCUT2D eigenvalue weighted by molar-refractivity contribution is -0.900. The Labute approximate surface area is 146 Å². The summed E-state index contributed by atoms with van der Waals surface area (Å²) in [6.45, 7) is 1.70. The van der Waals surface area contributed by atoms with Crippen molar-refractivity contribution < 1.29 is 33.3 Å². The second-order valence-electron chi connectivity index (χ2n) is 5.64. The van der Waals surface area contributed by atoms with E-state index in [4.69, 9.17) is 23.1 Å². The summed E-state index contributed by atoms with van der Waals surface area (Å²) in [7, 11) is 4.33. The number of quaternary nitrogens is 1. The van der Waals surface area contributed by atoms with Crippen molar-refractivity contribution in [3.63, 3.8) is 0 Å². The Balaban J connectivity index is 0.00000220. The first-order valence-electron chi connectivity index (χ1n) is 6.50. The number of halogens is 2. The monoisotopic (exact) mass is 426 g/mol. The fourth-order valence-corrected chi connectivity index (χ4v) is 2.65. The van der Waals surface area contributed by atoms with Gasteiger partial charge in [-0.25, -0.2) is 9.97 Å². The van der Waals surface area contributed by atoms with Gasteiger partial charge in [-0.15, -0.1) is 0 Å². The zero-order valence-corrected chi connectivity index (χ0v) is 15.0. The highest BCUT2D eigenvalue weighted by molar-refractivity contribution is 6.31. The lowest BCUT2D eigenvalue weighted by Gasteiger charge is -2.31. The van der Waals surface area contributed by atoms with E-state index in [9.17, 15) is 4.79 Å². The minimum Gasteiger partial charge on any atom is -1.00 e. The smallest absolute Gasteiger partial charge is 0.274 e. The zero-order chi connectivity index (χ0) is 14.9. The molecule has 7 nitrogen and oxygen atoms in total. The number of nitrogen functional groups attached to an aromatic ring is 2. The van der Waals surface area contributed by atoms with Crippen molar-refractivity contribution in [2.75, 3.05) is 38.7 Å². The highest BCUT2D eigenvalue weighted by Crippen LogP contribution is 2.22. The molecule has 1 aliphatic heterocycles. The summed E-state index contributed by atoms with van der Waals surface area (Å²) in [5.41, 5.74) is 11.2. The van der Waals surface area contributed by atoms with Crippen molar-refractivity contribution in [2.45, 2.75) is 18.9 Å². The summed E-state index contributed by atoms with van der Waals surface area (Å²) >= 11 is 5.77. The molecule has 9 heteroatoms. The van der Waals surface area contributed by atoms with Crippen LogP contribution in [0.25, 0.3) is 0 Å². The van der Waals surface area contributed by atoms with Gasteiger partial charge in [0.05, 0.1) is 27.2 Å². The van der Waals surface area contributed by atoms with Gasteiger partial charge < -0.3 is 45.2 Å². The molecule has 0 aliphatic carbocycles. The van der Waals surface area contributed by atoms with Crippen LogP contribution in [0.15, 0.2) is 0 Å². The third-order valence-electron chi connectivity index (χ3n) is 3.88. The zero-order valence-electron chi connectivity index (χ0n) is 12.1. The fourth-order valence-electron chi connectivity index (χ4n) is 2.52. The van der Waals surface area contributed by atoms with E-state index in [-0.39, 0.29) is 52.4 Å². The molecule has 0 radical (unpaired) electrons. The molecule has 2 rings (SSSR count). The summed E-state index contributed by atoms with van der Waals surface area (Å²) in [6, 6.07) is 0.400. The fraction of sp³-hybridized carbons (Fsp3) is 0.583. The van der Waals surface area contributed by atoms with Gasteiger partial charge in [-0.3, -0.25) is 4.79 Å². The second kappa shape index (κ2) is 6.93. The topological polar surface area (TPSA) is 107 Å². The highest BCUT2D eigenvalue weighted by Gasteiger charge is 2.34. The van der Waals surface area contributed by atoms with Crippen LogP contribution in [-0.2, 0) is 0 Å². The van der Waals surface area contributed by atoms with E-state index < -0.39 is 0 Å². The Hall–Kier alpha value is -0.870. The third kappa shape index (κ3) is 4.07. The molecule has 0 spiro atoms. The van der Waals surface area contributed by atoms with Crippen molar-refractivity contribution in [1.29, 1.82) is 0 Å². The van der Waals surface area contributed by atoms with E-state index >= 15 is 0 Å². The van der Waals surface area contributed by atoms with Crippen LogP contribution >= 0.6 is 11.6 Å². The Morgan fingerprint density at radius 3 is 2.62 bits per heavy atom. The Bertz CT molecular complexity index is 539. The average molecular weight is 427 g/mol. The first-order valence-corrected chi connectivity index (χ1v) is 6.88. The molecule has 1 aliphatic rings. The van der Waals surface area contributed by atoms with Crippen molar-refractivity contribution in [1.82, 2.24) is 15.3 Å². The standard InChI is InChI=1S/C12H19ClN6O.HI/c1-19(2)5-3-4-7(19)6-16-12(20)8-10(14)18-11(15)9(13)17-8;/h7H,3-6H2,1-2H3,(H4-,14,15,16,18,20);1H. The number of rotatable bonds is 3. The molecule has 1 aromatic rings. The normalized spacial score (nSPS) is 19.9. The van der Waals surface area contributed by atoms with Gasteiger partial charge in [0.15, 0.2) is 22.5 Å². The highest BCUT2D eigenvalue weighted by atomic mass is 127. The van der Waals surface area contributed by atoms with E-state index in [2.05, 4.69) is 29.4 Å². The molecule has 0 bridgehead atoms. The van der Waals surface area contributed by atoms with E-state index in [1.54, 1.807) is 0 Å². The largest absolute Gasteiger partial charge is 1.00 e. The number of carbonyl (C=O) groups is 1. The Kier molecular flexibility index (Phi) is 6.00. The summed E-state index contributed by atoms with van der Waals surface area (Å²) in [5, 5.41) is 2.83. The number of nitrogens with two attached hydrogens (primary N) is 2. The van der Waals surface area contributed by atoms with Gasteiger partial charge in [0.2, 0.25) is 0 Å². The van der Waals surface area contributed by atoms with Crippen LogP contribution in [0.2, 0.25) is 5.15 Å². The van der Waals surface area contributed by atoms with Gasteiger partial charge >= 0.3 is 0 Å². The molecular formula is C12H20ClIN6O. The molecule has 1 fully saturated rings. The average Bonchev–Trinajstić information content (AvgIpc) is 2.70. The van der Waals surface area contributed by atoms with E-state index in [0.717, 1.165) is 17.4 Å². The number of aromatic nitrogens is 2. The molecule has 21 heavy (non-hydrogen) atoms. The van der Waals surface area contributed by atoms with Crippen LogP contribution < -0.4 is 40.8 Å². The second-order valence-corrected chi connectivity index (χ2v) is 6.00. The van der Waals surface area contributed by atoms with Gasteiger partial charge in [-0.2, -0.15) is 0 Å². The number of nitrogens with zero attached hydrogens (tertiary/aromatic N) is 3. The molecule has 1 unspecified atom stereocenters. The summed E-state index contributed by atoms with van der Waals surface area (Å²) in [4.78, 5) is 19.8. The van der Waals surface area contributed by atoms with E-state index in [1.165, 1.54) is 6.42 Å². The molecule has 5 N–H and O–H groups in total. The number of carbonyl (C=O) groups excluding carboxylic acids is 1. The summed E-state index contributed by atoms with van der Waals surface area (Å²) < 4.78 is 0.907. The number of anilines is 2. The molecule has 1 atom stereocenters. The SMILES string of the molecule is C[N+]1(C)CCCC1CNC(=O)c1nc(Cl)c(N)nc1N.[I-]. The quantitative estimate of drug-likeness (QED) is 0.359. The molecule has 2 heterocycles. The maximum Gasteiger partial charge on any atom is 0.274 e. The first-order chi connectivity index (χ1) is 9.31. The van der Waals surface area contributed by atoms with Crippen molar-refractivity contribution in [3.05, 3.63) is 10.8 Å². The minimum atomic E-state index is -0.371. The van der Waals surface area contributed by atoms with Gasteiger partial charge in [-0.1, -0.05) is 11.6 Å². The maximum atomic E-state index is 12.1. The van der Waals surface area contributed by atoms with Crippen LogP contribution in [0.3, 0.4) is 0 Å². The third-order valence-corrected chi connectivity index (χ3v) is 4.16. The maximum absolute atomic E-state index is 12.1. The summed E-state index contributed by atoms with van der Waals surface area (Å²) in [5.74, 6) is -0.359. The van der Waals surface area contributed by atoms with E-state index in [0.29, 0.717) is 12.6 Å². The molecule has 1 saturated heterocycles. The first kappa shape index (κ1) is 18.2. The van der Waals surface area contributed by atoms with Gasteiger partial charge in [0.25, 0.3) is 5.91 Å². The predicted octanol–water partition coefficient (Wildman–Crippen LogP) is -2.73. The van der Waals surface area contributed by atoms with Gasteiger partial charge in [0.1, 0.15) is 6.04 Å². The molecule has 1 aromatic heterocycles. The lowest BCUT2D eigenvalue weighted by Crippen LogP contribution is -3.00. The van der Waals surface area contributed by atoms with Gasteiger partial charge in [-0.05, 0) is 0 Å². The summed E-state index contributed by atoms with van der Waals surface area (Å²) in [6.07, 6.45) is 2.26. The molecular weight excluding hydrogens is 407 g/mol. The molecule has 0 aromatic carbocycles. The van der Waals surface area contributed by atoms with E-state index in [1.807, 2.05) is 0 Å². The van der Waals surface area contributed by atoms with Crippen molar-refractivity contribution in [3.8, 4) is 0 Å². The van der Waals surface area contributed by atoms with Crippen molar-refractivity contribution in [2.24, 2.45) is 0 Å². The van der Waals surface area contributed by atoms with Crippen LogP contribution in [0, 0.1) is 0 Å². The lowest BCUT2D eigenvalue weighted by atomic mass is 10.2. The number of likely N-dealkylation sites (N-methyl/N-ethyl adjacent to an activating group) is 1. The number of hydrogen-bond acceptors (Lipinski definition) is 5. The number of hydrogen-bond donors (Lipinski definition) is 3. The minimum absolute atomic E-state index is 0. The predicted molar refractivity (Wildman–Crippen MR) is 78.2 cm³/mol. The molecule has 0 saturated carbocycles. The van der Waals surface area contributed by atoms with Crippen LogP contribution in [-0.4, -0.2) is 53.6 Å². The molecule has 118 valence electrons. The number of nitrogens with one attached hydrogen (secondary N) is 1. The van der Waals surface area contributed by atoms with Crippen LogP contribution in [0.1, 0.15) is 23.3 Å². The van der Waals surface area contributed by atoms with Crippen LogP contribution in [0.5, 0.6) is 0 Å². The van der Waals surface area contributed by atoms with Crippen LogP contribution in [0.4, 0.5) is 11.6 Å².